The molecule has 1 saturated heterocycles. The van der Waals surface area contributed by atoms with E-state index in [1.807, 2.05) is 11.8 Å². The number of hydrogen-bond donors (Lipinski definition) is 1. The average Bonchev–Trinajstić information content (AvgIpc) is 3.08. The number of benzene rings is 1. The molecular formula is C15H17F2N3O2. The number of halogens is 2. The molecular weight excluding hydrogens is 292 g/mol. The van der Waals surface area contributed by atoms with Gasteiger partial charge in [-0.25, -0.2) is 8.78 Å². The lowest BCUT2D eigenvalue weighted by molar-refractivity contribution is 0.170. The second-order valence-electron chi connectivity index (χ2n) is 5.46. The molecule has 0 radical (unpaired) electrons. The summed E-state index contributed by atoms with van der Waals surface area (Å²) >= 11 is 0. The van der Waals surface area contributed by atoms with Gasteiger partial charge in [0.1, 0.15) is 11.6 Å². The van der Waals surface area contributed by atoms with Gasteiger partial charge in [-0.1, -0.05) is 12.1 Å². The maximum absolute atomic E-state index is 14.0. The maximum atomic E-state index is 14.0. The van der Waals surface area contributed by atoms with Crippen LogP contribution in [-0.4, -0.2) is 32.8 Å². The SMILES string of the molecule is CCc1nc(CN2C[C@@H](O)C[C@H]2c2cc(F)ccc2F)no1. The summed E-state index contributed by atoms with van der Waals surface area (Å²) in [6, 6.07) is 2.96. The quantitative estimate of drug-likeness (QED) is 0.938. The van der Waals surface area contributed by atoms with Crippen LogP contribution in [0, 0.1) is 11.6 Å². The van der Waals surface area contributed by atoms with Gasteiger partial charge in [-0.3, -0.25) is 4.90 Å². The minimum atomic E-state index is -0.592. The Bertz CT molecular complexity index is 662. The molecule has 1 N–H and O–H groups in total. The second-order valence-corrected chi connectivity index (χ2v) is 5.46. The van der Waals surface area contributed by atoms with Crippen LogP contribution in [0.1, 0.15) is 36.7 Å². The van der Waals surface area contributed by atoms with Crippen molar-refractivity contribution >= 4 is 0 Å². The first-order valence-electron chi connectivity index (χ1n) is 7.25. The topological polar surface area (TPSA) is 62.4 Å². The zero-order valence-electron chi connectivity index (χ0n) is 12.2. The third-order valence-electron chi connectivity index (χ3n) is 3.86. The van der Waals surface area contributed by atoms with Crippen molar-refractivity contribution in [2.45, 2.75) is 38.5 Å². The molecule has 0 saturated carbocycles. The summed E-state index contributed by atoms with van der Waals surface area (Å²) in [5, 5.41) is 13.8. The van der Waals surface area contributed by atoms with E-state index < -0.39 is 23.8 Å². The largest absolute Gasteiger partial charge is 0.392 e. The van der Waals surface area contributed by atoms with Gasteiger partial charge in [-0.2, -0.15) is 4.98 Å². The highest BCUT2D eigenvalue weighted by atomic mass is 19.1. The molecule has 0 bridgehead atoms. The number of aryl methyl sites for hydroxylation is 1. The second kappa shape index (κ2) is 6.10. The number of β-amino-alcohol motifs (C(OH)–C–C–N with tert-alkyl or cyclic N) is 1. The van der Waals surface area contributed by atoms with Crippen molar-refractivity contribution in [1.29, 1.82) is 0 Å². The molecule has 1 aliphatic rings. The predicted molar refractivity (Wildman–Crippen MR) is 73.8 cm³/mol. The minimum absolute atomic E-state index is 0.246. The van der Waals surface area contributed by atoms with Crippen LogP contribution in [0.15, 0.2) is 22.7 Å². The third kappa shape index (κ3) is 3.00. The van der Waals surface area contributed by atoms with Crippen molar-refractivity contribution in [2.24, 2.45) is 0 Å². The molecule has 0 unspecified atom stereocenters. The normalized spacial score (nSPS) is 22.4. The Labute approximate surface area is 126 Å². The summed E-state index contributed by atoms with van der Waals surface area (Å²) in [7, 11) is 0. The fraction of sp³-hybridized carbons (Fsp3) is 0.467. The van der Waals surface area contributed by atoms with Crippen LogP contribution in [0.5, 0.6) is 0 Å². The van der Waals surface area contributed by atoms with Crippen LogP contribution in [0.2, 0.25) is 0 Å². The van der Waals surface area contributed by atoms with E-state index in [1.165, 1.54) is 6.07 Å². The summed E-state index contributed by atoms with van der Waals surface area (Å²) < 4.78 is 32.5. The molecule has 0 spiro atoms. The molecule has 1 aromatic carbocycles. The molecule has 1 aliphatic heterocycles. The number of aliphatic hydroxyl groups is 1. The Kier molecular flexibility index (Phi) is 4.17. The maximum Gasteiger partial charge on any atom is 0.226 e. The smallest absolute Gasteiger partial charge is 0.226 e. The van der Waals surface area contributed by atoms with E-state index in [1.54, 1.807) is 0 Å². The highest BCUT2D eigenvalue weighted by Crippen LogP contribution is 2.34. The molecule has 1 fully saturated rings. The van der Waals surface area contributed by atoms with E-state index in [0.29, 0.717) is 37.6 Å². The first kappa shape index (κ1) is 15.1. The highest BCUT2D eigenvalue weighted by molar-refractivity contribution is 5.24. The Morgan fingerprint density at radius 2 is 2.23 bits per heavy atom. The number of rotatable bonds is 4. The molecule has 22 heavy (non-hydrogen) atoms. The Hall–Kier alpha value is -1.86. The summed E-state index contributed by atoms with van der Waals surface area (Å²) in [5.74, 6) is 0.0365. The van der Waals surface area contributed by atoms with Gasteiger partial charge in [-0.05, 0) is 24.6 Å². The molecule has 7 heteroatoms. The van der Waals surface area contributed by atoms with Crippen LogP contribution in [-0.2, 0) is 13.0 Å². The number of aliphatic hydroxyl groups excluding tert-OH is 1. The number of aromatic nitrogens is 2. The fourth-order valence-corrected chi connectivity index (χ4v) is 2.83. The number of hydrogen-bond acceptors (Lipinski definition) is 5. The van der Waals surface area contributed by atoms with E-state index in [-0.39, 0.29) is 5.56 Å². The van der Waals surface area contributed by atoms with Crippen molar-refractivity contribution < 1.29 is 18.4 Å². The molecule has 3 rings (SSSR count). The molecule has 1 aromatic heterocycles. The van der Waals surface area contributed by atoms with Crippen LogP contribution >= 0.6 is 0 Å². The molecule has 118 valence electrons. The van der Waals surface area contributed by atoms with Gasteiger partial charge in [0, 0.05) is 24.6 Å². The molecule has 2 atom stereocenters. The van der Waals surface area contributed by atoms with Crippen molar-refractivity contribution in [2.75, 3.05) is 6.54 Å². The van der Waals surface area contributed by atoms with Gasteiger partial charge in [-0.15, -0.1) is 0 Å². The lowest BCUT2D eigenvalue weighted by Gasteiger charge is -2.23. The van der Waals surface area contributed by atoms with Gasteiger partial charge < -0.3 is 9.63 Å². The molecule has 0 aliphatic carbocycles. The van der Waals surface area contributed by atoms with Crippen molar-refractivity contribution in [3.05, 3.63) is 47.1 Å². The van der Waals surface area contributed by atoms with E-state index in [9.17, 15) is 13.9 Å². The Morgan fingerprint density at radius 3 is 2.95 bits per heavy atom. The zero-order chi connectivity index (χ0) is 15.7. The van der Waals surface area contributed by atoms with Crippen LogP contribution in [0.3, 0.4) is 0 Å². The van der Waals surface area contributed by atoms with Crippen molar-refractivity contribution in [3.63, 3.8) is 0 Å². The van der Waals surface area contributed by atoms with Crippen LogP contribution in [0.4, 0.5) is 8.78 Å². The summed E-state index contributed by atoms with van der Waals surface area (Å²) in [5.41, 5.74) is 0.246. The lowest BCUT2D eigenvalue weighted by Crippen LogP contribution is -2.25. The zero-order valence-corrected chi connectivity index (χ0v) is 12.2. The third-order valence-corrected chi connectivity index (χ3v) is 3.86. The Balaban J connectivity index is 1.84. The molecule has 2 aromatic rings. The average molecular weight is 309 g/mol. The summed E-state index contributed by atoms with van der Waals surface area (Å²) in [4.78, 5) is 6.06. The monoisotopic (exact) mass is 309 g/mol. The van der Waals surface area contributed by atoms with E-state index in [4.69, 9.17) is 4.52 Å². The fourth-order valence-electron chi connectivity index (χ4n) is 2.83. The van der Waals surface area contributed by atoms with Crippen LogP contribution in [0.25, 0.3) is 0 Å². The highest BCUT2D eigenvalue weighted by Gasteiger charge is 2.34. The van der Waals surface area contributed by atoms with E-state index >= 15 is 0 Å². The first-order valence-corrected chi connectivity index (χ1v) is 7.25. The summed E-state index contributed by atoms with van der Waals surface area (Å²) in [6.45, 7) is 2.58. The predicted octanol–water partition coefficient (Wildman–Crippen LogP) is 2.22. The van der Waals surface area contributed by atoms with Gasteiger partial charge >= 0.3 is 0 Å². The minimum Gasteiger partial charge on any atom is -0.392 e. The van der Waals surface area contributed by atoms with E-state index in [0.717, 1.165) is 12.1 Å². The van der Waals surface area contributed by atoms with Crippen molar-refractivity contribution in [3.8, 4) is 0 Å². The number of nitrogens with zero attached hydrogens (tertiary/aromatic N) is 3. The van der Waals surface area contributed by atoms with Gasteiger partial charge in [0.25, 0.3) is 0 Å². The van der Waals surface area contributed by atoms with E-state index in [2.05, 4.69) is 10.1 Å². The van der Waals surface area contributed by atoms with Crippen molar-refractivity contribution in [1.82, 2.24) is 15.0 Å². The molecule has 2 heterocycles. The lowest BCUT2D eigenvalue weighted by atomic mass is 10.0. The standard InChI is InChI=1S/C15H17F2N3O2/c1-2-15-18-14(19-22-15)8-20-7-10(21)6-13(20)11-5-9(16)3-4-12(11)17/h3-5,10,13,21H,2,6-8H2,1H3/t10-,13-/m0/s1. The number of likely N-dealkylation sites (tertiary alicyclic amines) is 1. The Morgan fingerprint density at radius 1 is 1.41 bits per heavy atom. The molecule has 5 nitrogen and oxygen atoms in total. The first-order chi connectivity index (χ1) is 10.6. The van der Waals surface area contributed by atoms with Gasteiger partial charge in [0.05, 0.1) is 12.6 Å². The molecule has 0 amide bonds. The van der Waals surface area contributed by atoms with Gasteiger partial charge in [0.2, 0.25) is 5.89 Å². The van der Waals surface area contributed by atoms with Gasteiger partial charge in [0.15, 0.2) is 5.82 Å². The van der Waals surface area contributed by atoms with Crippen LogP contribution < -0.4 is 0 Å². The summed E-state index contributed by atoms with van der Waals surface area (Å²) in [6.07, 6.45) is 0.390.